The van der Waals surface area contributed by atoms with Crippen molar-refractivity contribution in [3.8, 4) is 0 Å². The molecule has 3 aromatic rings. The summed E-state index contributed by atoms with van der Waals surface area (Å²) in [6.07, 6.45) is 4.00. The largest absolute Gasteiger partial charge is 0.291 e. The average Bonchev–Trinajstić information content (AvgIpc) is 3.32. The lowest BCUT2D eigenvalue weighted by Crippen LogP contribution is -2.18. The van der Waals surface area contributed by atoms with Crippen LogP contribution in [0, 0.1) is 0 Å². The van der Waals surface area contributed by atoms with Gasteiger partial charge in [-0.25, -0.2) is 5.43 Å². The zero-order valence-electron chi connectivity index (χ0n) is 12.5. The summed E-state index contributed by atoms with van der Waals surface area (Å²) < 4.78 is 0. The fourth-order valence-electron chi connectivity index (χ4n) is 2.64. The Balaban J connectivity index is 1.48. The van der Waals surface area contributed by atoms with Crippen LogP contribution in [-0.4, -0.2) is 22.3 Å². The number of nitrogens with zero attached hydrogens (tertiary/aromatic N) is 2. The molecule has 1 aliphatic rings. The Bertz CT molecular complexity index is 887. The lowest BCUT2D eigenvalue weighted by atomic mass is 10.1. The molecule has 0 bridgehead atoms. The summed E-state index contributed by atoms with van der Waals surface area (Å²) in [5.41, 5.74) is 4.91. The Hall–Kier alpha value is -2.95. The summed E-state index contributed by atoms with van der Waals surface area (Å²) in [6, 6.07) is 15.9. The van der Waals surface area contributed by atoms with Crippen molar-refractivity contribution in [3.63, 3.8) is 0 Å². The summed E-state index contributed by atoms with van der Waals surface area (Å²) >= 11 is 0. The van der Waals surface area contributed by atoms with E-state index in [1.807, 2.05) is 42.5 Å². The molecule has 114 valence electrons. The van der Waals surface area contributed by atoms with Crippen molar-refractivity contribution in [2.24, 2.45) is 5.10 Å². The van der Waals surface area contributed by atoms with Gasteiger partial charge in [0.25, 0.3) is 5.91 Å². The predicted octanol–water partition coefficient (Wildman–Crippen LogP) is 3.20. The second-order valence-corrected chi connectivity index (χ2v) is 5.75. The SMILES string of the molecule is O=C(N/N=C\c1cccc2ccccc12)c1cc(C2CC2)[nH]n1. The monoisotopic (exact) mass is 304 g/mol. The van der Waals surface area contributed by atoms with E-state index in [-0.39, 0.29) is 5.91 Å². The number of aromatic amines is 1. The molecule has 1 fully saturated rings. The van der Waals surface area contributed by atoms with Crippen LogP contribution in [0.5, 0.6) is 0 Å². The summed E-state index contributed by atoms with van der Waals surface area (Å²) in [7, 11) is 0. The molecule has 2 aromatic carbocycles. The molecule has 0 radical (unpaired) electrons. The lowest BCUT2D eigenvalue weighted by Gasteiger charge is -2.01. The molecule has 0 unspecified atom stereocenters. The predicted molar refractivity (Wildman–Crippen MR) is 89.6 cm³/mol. The van der Waals surface area contributed by atoms with Crippen molar-refractivity contribution < 1.29 is 4.79 Å². The van der Waals surface area contributed by atoms with Crippen LogP contribution in [0.25, 0.3) is 10.8 Å². The van der Waals surface area contributed by atoms with Crippen LogP contribution in [0.1, 0.15) is 40.5 Å². The third kappa shape index (κ3) is 2.85. The number of hydrazone groups is 1. The van der Waals surface area contributed by atoms with Gasteiger partial charge in [-0.2, -0.15) is 10.2 Å². The molecule has 5 heteroatoms. The molecule has 1 amide bonds. The van der Waals surface area contributed by atoms with Crippen LogP contribution in [-0.2, 0) is 0 Å². The molecular weight excluding hydrogens is 288 g/mol. The first kappa shape index (κ1) is 13.7. The number of carbonyl (C=O) groups is 1. The maximum absolute atomic E-state index is 12.0. The van der Waals surface area contributed by atoms with Crippen LogP contribution in [0.3, 0.4) is 0 Å². The maximum Gasteiger partial charge on any atom is 0.291 e. The third-order valence-corrected chi connectivity index (χ3v) is 4.04. The highest BCUT2D eigenvalue weighted by Gasteiger charge is 2.26. The smallest absolute Gasteiger partial charge is 0.281 e. The number of H-pyrrole nitrogens is 1. The molecule has 1 heterocycles. The molecule has 4 rings (SSSR count). The number of benzene rings is 2. The van der Waals surface area contributed by atoms with E-state index in [0.29, 0.717) is 11.6 Å². The standard InChI is InChI=1S/C18H16N4O/c23-18(17-10-16(20-21-17)13-8-9-13)22-19-11-14-6-3-5-12-4-1-2-7-15(12)14/h1-7,10-11,13H,8-9H2,(H,20,21)(H,22,23)/b19-11-. The van der Waals surface area contributed by atoms with Crippen LogP contribution in [0.15, 0.2) is 53.6 Å². The number of amides is 1. The first-order chi connectivity index (χ1) is 11.3. The quantitative estimate of drug-likeness (QED) is 0.574. The van der Waals surface area contributed by atoms with Crippen LogP contribution in [0.4, 0.5) is 0 Å². The van der Waals surface area contributed by atoms with Gasteiger partial charge in [-0.1, -0.05) is 42.5 Å². The molecule has 5 nitrogen and oxygen atoms in total. The molecule has 1 saturated carbocycles. The molecule has 2 N–H and O–H groups in total. The highest BCUT2D eigenvalue weighted by molar-refractivity contribution is 6.00. The molecule has 1 aliphatic carbocycles. The fraction of sp³-hybridized carbons (Fsp3) is 0.167. The second-order valence-electron chi connectivity index (χ2n) is 5.75. The van der Waals surface area contributed by atoms with E-state index in [1.165, 1.54) is 12.8 Å². The molecule has 0 spiro atoms. The molecule has 1 aromatic heterocycles. The van der Waals surface area contributed by atoms with E-state index in [4.69, 9.17) is 0 Å². The van der Waals surface area contributed by atoms with Crippen molar-refractivity contribution in [1.29, 1.82) is 0 Å². The minimum atomic E-state index is -0.301. The summed E-state index contributed by atoms with van der Waals surface area (Å²) in [6.45, 7) is 0. The van der Waals surface area contributed by atoms with Crippen LogP contribution < -0.4 is 5.43 Å². The van der Waals surface area contributed by atoms with E-state index in [0.717, 1.165) is 22.0 Å². The van der Waals surface area contributed by atoms with Gasteiger partial charge in [-0.15, -0.1) is 0 Å². The first-order valence-electron chi connectivity index (χ1n) is 7.68. The van der Waals surface area contributed by atoms with Gasteiger partial charge < -0.3 is 0 Å². The van der Waals surface area contributed by atoms with Crippen molar-refractivity contribution >= 4 is 22.9 Å². The van der Waals surface area contributed by atoms with Crippen LogP contribution >= 0.6 is 0 Å². The van der Waals surface area contributed by atoms with Crippen molar-refractivity contribution in [3.05, 3.63) is 65.5 Å². The summed E-state index contributed by atoms with van der Waals surface area (Å²) in [5, 5.41) is 13.3. The van der Waals surface area contributed by atoms with Gasteiger partial charge in [0.05, 0.1) is 6.21 Å². The average molecular weight is 304 g/mol. The maximum atomic E-state index is 12.0. The fourth-order valence-corrected chi connectivity index (χ4v) is 2.64. The Morgan fingerprint density at radius 1 is 1.22 bits per heavy atom. The van der Waals surface area contributed by atoms with E-state index in [9.17, 15) is 4.79 Å². The number of rotatable bonds is 4. The van der Waals surface area contributed by atoms with Gasteiger partial charge in [-0.3, -0.25) is 9.89 Å². The van der Waals surface area contributed by atoms with Gasteiger partial charge in [-0.05, 0) is 29.7 Å². The minimum absolute atomic E-state index is 0.301. The van der Waals surface area contributed by atoms with Gasteiger partial charge >= 0.3 is 0 Å². The van der Waals surface area contributed by atoms with Gasteiger partial charge in [0.15, 0.2) is 5.69 Å². The van der Waals surface area contributed by atoms with E-state index >= 15 is 0 Å². The number of hydrogen-bond donors (Lipinski definition) is 2. The zero-order valence-corrected chi connectivity index (χ0v) is 12.5. The number of fused-ring (bicyclic) bond motifs is 1. The zero-order chi connectivity index (χ0) is 15.6. The van der Waals surface area contributed by atoms with Gasteiger partial charge in [0.1, 0.15) is 0 Å². The number of hydrogen-bond acceptors (Lipinski definition) is 3. The Kier molecular flexibility index (Phi) is 3.38. The summed E-state index contributed by atoms with van der Waals surface area (Å²) in [5.74, 6) is 0.243. The Morgan fingerprint density at radius 3 is 2.91 bits per heavy atom. The number of aromatic nitrogens is 2. The van der Waals surface area contributed by atoms with Crippen LogP contribution in [0.2, 0.25) is 0 Å². The first-order valence-corrected chi connectivity index (χ1v) is 7.68. The van der Waals surface area contributed by atoms with Crippen molar-refractivity contribution in [2.75, 3.05) is 0 Å². The van der Waals surface area contributed by atoms with Crippen molar-refractivity contribution in [1.82, 2.24) is 15.6 Å². The molecule has 23 heavy (non-hydrogen) atoms. The normalized spacial score (nSPS) is 14.4. The topological polar surface area (TPSA) is 70.1 Å². The Labute approximate surface area is 133 Å². The Morgan fingerprint density at radius 2 is 2.04 bits per heavy atom. The lowest BCUT2D eigenvalue weighted by molar-refractivity contribution is 0.0950. The number of nitrogens with one attached hydrogen (secondary N) is 2. The molecule has 0 saturated heterocycles. The van der Waals surface area contributed by atoms with Gasteiger partial charge in [0, 0.05) is 17.2 Å². The van der Waals surface area contributed by atoms with E-state index in [1.54, 1.807) is 12.3 Å². The highest BCUT2D eigenvalue weighted by atomic mass is 16.2. The molecular formula is C18H16N4O. The summed E-state index contributed by atoms with van der Waals surface area (Å²) in [4.78, 5) is 12.0. The second kappa shape index (κ2) is 5.68. The van der Waals surface area contributed by atoms with E-state index < -0.39 is 0 Å². The minimum Gasteiger partial charge on any atom is -0.281 e. The highest BCUT2D eigenvalue weighted by Crippen LogP contribution is 2.38. The van der Waals surface area contributed by atoms with Gasteiger partial charge in [0.2, 0.25) is 0 Å². The van der Waals surface area contributed by atoms with Crippen molar-refractivity contribution in [2.45, 2.75) is 18.8 Å². The molecule has 0 atom stereocenters. The molecule has 0 aliphatic heterocycles. The number of carbonyl (C=O) groups excluding carboxylic acids is 1. The third-order valence-electron chi connectivity index (χ3n) is 4.04. The van der Waals surface area contributed by atoms with E-state index in [2.05, 4.69) is 20.7 Å².